The SMILES string of the molecule is O=C(O)CCC(CC1CCCCC1)NC(=O)C1CC(=O)Nc2ccccc21. The summed E-state index contributed by atoms with van der Waals surface area (Å²) in [7, 11) is 0. The maximum atomic E-state index is 13.0. The predicted octanol–water partition coefficient (Wildman–Crippen LogP) is 3.43. The maximum absolute atomic E-state index is 13.0. The number of hydrogen-bond acceptors (Lipinski definition) is 3. The number of para-hydroxylation sites is 1. The van der Waals surface area contributed by atoms with Crippen LogP contribution in [0.5, 0.6) is 0 Å². The van der Waals surface area contributed by atoms with E-state index in [1.807, 2.05) is 18.2 Å². The molecule has 2 unspecified atom stereocenters. The molecule has 27 heavy (non-hydrogen) atoms. The van der Waals surface area contributed by atoms with Crippen molar-refractivity contribution in [2.75, 3.05) is 5.32 Å². The van der Waals surface area contributed by atoms with Gasteiger partial charge in [0.05, 0.1) is 5.92 Å². The summed E-state index contributed by atoms with van der Waals surface area (Å²) in [5.41, 5.74) is 1.51. The monoisotopic (exact) mass is 372 g/mol. The van der Waals surface area contributed by atoms with E-state index in [9.17, 15) is 14.4 Å². The van der Waals surface area contributed by atoms with E-state index in [4.69, 9.17) is 5.11 Å². The molecular formula is C21H28N2O4. The molecule has 0 spiro atoms. The van der Waals surface area contributed by atoms with Crippen LogP contribution in [0.25, 0.3) is 0 Å². The fourth-order valence-electron chi connectivity index (χ4n) is 4.32. The van der Waals surface area contributed by atoms with Crippen molar-refractivity contribution in [3.05, 3.63) is 29.8 Å². The number of carbonyl (C=O) groups is 3. The predicted molar refractivity (Wildman–Crippen MR) is 102 cm³/mol. The highest BCUT2D eigenvalue weighted by molar-refractivity contribution is 6.01. The average Bonchev–Trinajstić information content (AvgIpc) is 2.66. The van der Waals surface area contributed by atoms with Gasteiger partial charge in [-0.1, -0.05) is 50.3 Å². The molecule has 3 N–H and O–H groups in total. The molecule has 3 rings (SSSR count). The Bertz CT molecular complexity index is 697. The minimum atomic E-state index is -0.847. The Labute approximate surface area is 159 Å². The molecule has 1 fully saturated rings. The van der Waals surface area contributed by atoms with Gasteiger partial charge in [-0.25, -0.2) is 0 Å². The quantitative estimate of drug-likeness (QED) is 0.683. The lowest BCUT2D eigenvalue weighted by atomic mass is 9.83. The summed E-state index contributed by atoms with van der Waals surface area (Å²) in [6.07, 6.45) is 7.38. The minimum Gasteiger partial charge on any atom is -0.481 e. The molecule has 2 amide bonds. The first-order chi connectivity index (χ1) is 13.0. The van der Waals surface area contributed by atoms with Gasteiger partial charge in [0.25, 0.3) is 0 Å². The number of benzene rings is 1. The molecule has 0 bridgehead atoms. The topological polar surface area (TPSA) is 95.5 Å². The first-order valence-electron chi connectivity index (χ1n) is 9.94. The van der Waals surface area contributed by atoms with E-state index in [1.165, 1.54) is 19.3 Å². The van der Waals surface area contributed by atoms with Crippen molar-refractivity contribution in [1.82, 2.24) is 5.32 Å². The minimum absolute atomic E-state index is 0.0411. The third-order valence-corrected chi connectivity index (χ3v) is 5.71. The molecule has 6 heteroatoms. The molecule has 0 aromatic heterocycles. The molecule has 2 atom stereocenters. The van der Waals surface area contributed by atoms with E-state index in [0.717, 1.165) is 24.8 Å². The summed E-state index contributed by atoms with van der Waals surface area (Å²) in [5.74, 6) is -1.17. The Morgan fingerprint density at radius 3 is 2.67 bits per heavy atom. The second kappa shape index (κ2) is 9.02. The Balaban J connectivity index is 1.69. The molecule has 1 heterocycles. The number of hydrogen-bond donors (Lipinski definition) is 3. The number of anilines is 1. The lowest BCUT2D eigenvalue weighted by molar-refractivity contribution is -0.137. The van der Waals surface area contributed by atoms with Crippen molar-refractivity contribution in [2.45, 2.75) is 69.7 Å². The van der Waals surface area contributed by atoms with Crippen LogP contribution in [0.1, 0.15) is 69.3 Å². The molecule has 1 aromatic rings. The van der Waals surface area contributed by atoms with Crippen LogP contribution in [0.2, 0.25) is 0 Å². The van der Waals surface area contributed by atoms with Gasteiger partial charge in [0, 0.05) is 24.6 Å². The molecule has 1 aromatic carbocycles. The Morgan fingerprint density at radius 1 is 1.19 bits per heavy atom. The van der Waals surface area contributed by atoms with Gasteiger partial charge in [0.2, 0.25) is 11.8 Å². The highest BCUT2D eigenvalue weighted by Gasteiger charge is 2.32. The number of fused-ring (bicyclic) bond motifs is 1. The fraction of sp³-hybridized carbons (Fsp3) is 0.571. The van der Waals surface area contributed by atoms with Crippen molar-refractivity contribution in [2.24, 2.45) is 5.92 Å². The van der Waals surface area contributed by atoms with Gasteiger partial charge < -0.3 is 15.7 Å². The van der Waals surface area contributed by atoms with Crippen LogP contribution in [0.15, 0.2) is 24.3 Å². The van der Waals surface area contributed by atoms with Gasteiger partial charge in [-0.2, -0.15) is 0 Å². The molecule has 1 saturated carbocycles. The van der Waals surface area contributed by atoms with Gasteiger partial charge in [-0.15, -0.1) is 0 Å². The van der Waals surface area contributed by atoms with Crippen LogP contribution >= 0.6 is 0 Å². The lowest BCUT2D eigenvalue weighted by Crippen LogP contribution is -2.42. The summed E-state index contributed by atoms with van der Waals surface area (Å²) < 4.78 is 0. The summed E-state index contributed by atoms with van der Waals surface area (Å²) in [5, 5.41) is 14.9. The number of amides is 2. The number of aliphatic carboxylic acids is 1. The molecule has 146 valence electrons. The summed E-state index contributed by atoms with van der Waals surface area (Å²) >= 11 is 0. The maximum Gasteiger partial charge on any atom is 0.303 e. The van der Waals surface area contributed by atoms with Crippen molar-refractivity contribution in [3.8, 4) is 0 Å². The highest BCUT2D eigenvalue weighted by Crippen LogP contribution is 2.33. The molecular weight excluding hydrogens is 344 g/mol. The van der Waals surface area contributed by atoms with Crippen molar-refractivity contribution >= 4 is 23.5 Å². The van der Waals surface area contributed by atoms with Crippen LogP contribution in [0.3, 0.4) is 0 Å². The molecule has 0 saturated heterocycles. The Kier molecular flexibility index (Phi) is 6.48. The average molecular weight is 372 g/mol. The Hall–Kier alpha value is -2.37. The number of nitrogens with one attached hydrogen (secondary N) is 2. The van der Waals surface area contributed by atoms with Gasteiger partial charge in [-0.05, 0) is 30.4 Å². The second-order valence-electron chi connectivity index (χ2n) is 7.77. The van der Waals surface area contributed by atoms with Gasteiger partial charge in [0.1, 0.15) is 0 Å². The van der Waals surface area contributed by atoms with Crippen LogP contribution in [-0.2, 0) is 14.4 Å². The zero-order chi connectivity index (χ0) is 19.2. The smallest absolute Gasteiger partial charge is 0.303 e. The molecule has 1 aliphatic heterocycles. The van der Waals surface area contributed by atoms with Gasteiger partial charge >= 0.3 is 5.97 Å². The van der Waals surface area contributed by atoms with E-state index in [1.54, 1.807) is 6.07 Å². The number of carboxylic acid groups (broad SMARTS) is 1. The van der Waals surface area contributed by atoms with Crippen LogP contribution in [-0.4, -0.2) is 28.9 Å². The van der Waals surface area contributed by atoms with E-state index in [2.05, 4.69) is 10.6 Å². The van der Waals surface area contributed by atoms with Crippen molar-refractivity contribution < 1.29 is 19.5 Å². The number of rotatable bonds is 7. The largest absolute Gasteiger partial charge is 0.481 e. The third kappa shape index (κ3) is 5.31. The number of carbonyl (C=O) groups excluding carboxylic acids is 2. The third-order valence-electron chi connectivity index (χ3n) is 5.71. The second-order valence-corrected chi connectivity index (χ2v) is 7.77. The summed E-state index contributed by atoms with van der Waals surface area (Å²) in [6, 6.07) is 7.20. The van der Waals surface area contributed by atoms with E-state index in [-0.39, 0.29) is 30.7 Å². The fourth-order valence-corrected chi connectivity index (χ4v) is 4.32. The van der Waals surface area contributed by atoms with Crippen LogP contribution < -0.4 is 10.6 Å². The van der Waals surface area contributed by atoms with Crippen molar-refractivity contribution in [1.29, 1.82) is 0 Å². The normalized spacial score (nSPS) is 21.0. The molecule has 2 aliphatic rings. The molecule has 1 aliphatic carbocycles. The summed E-state index contributed by atoms with van der Waals surface area (Å²) in [4.78, 5) is 36.0. The Morgan fingerprint density at radius 2 is 1.93 bits per heavy atom. The van der Waals surface area contributed by atoms with Crippen molar-refractivity contribution in [3.63, 3.8) is 0 Å². The van der Waals surface area contributed by atoms with Crippen LogP contribution in [0.4, 0.5) is 5.69 Å². The number of carboxylic acids is 1. The van der Waals surface area contributed by atoms with E-state index in [0.29, 0.717) is 18.0 Å². The zero-order valence-electron chi connectivity index (χ0n) is 15.6. The first-order valence-corrected chi connectivity index (χ1v) is 9.94. The first kappa shape index (κ1) is 19.4. The van der Waals surface area contributed by atoms with E-state index >= 15 is 0 Å². The van der Waals surface area contributed by atoms with Crippen LogP contribution in [0, 0.1) is 5.92 Å². The molecule has 0 radical (unpaired) electrons. The van der Waals surface area contributed by atoms with Gasteiger partial charge in [-0.3, -0.25) is 14.4 Å². The standard InChI is InChI=1S/C21H28N2O4/c24-19-13-17(16-8-4-5-9-18(16)23-19)21(27)22-15(10-11-20(25)26)12-14-6-2-1-3-7-14/h4-5,8-9,14-15,17H,1-3,6-7,10-13H2,(H,22,27)(H,23,24)(H,25,26). The lowest BCUT2D eigenvalue weighted by Gasteiger charge is -2.30. The summed E-state index contributed by atoms with van der Waals surface area (Å²) in [6.45, 7) is 0. The zero-order valence-corrected chi connectivity index (χ0v) is 15.6. The molecule has 6 nitrogen and oxygen atoms in total. The van der Waals surface area contributed by atoms with E-state index < -0.39 is 11.9 Å². The van der Waals surface area contributed by atoms with Gasteiger partial charge in [0.15, 0.2) is 0 Å². The highest BCUT2D eigenvalue weighted by atomic mass is 16.4.